The molecule has 1 aromatic heterocycles. The highest BCUT2D eigenvalue weighted by molar-refractivity contribution is 7.08. The summed E-state index contributed by atoms with van der Waals surface area (Å²) >= 11 is 1.59. The van der Waals surface area contributed by atoms with E-state index >= 15 is 0 Å². The van der Waals surface area contributed by atoms with Crippen LogP contribution in [0.2, 0.25) is 0 Å². The molecule has 0 unspecified atom stereocenters. The minimum Gasteiger partial charge on any atom is -0.374 e. The van der Waals surface area contributed by atoms with Crippen molar-refractivity contribution in [2.24, 2.45) is 5.92 Å². The summed E-state index contributed by atoms with van der Waals surface area (Å²) in [6, 6.07) is 1.93. The zero-order chi connectivity index (χ0) is 14.7. The molecule has 1 saturated carbocycles. The quantitative estimate of drug-likeness (QED) is 0.908. The minimum atomic E-state index is -0.00266. The van der Waals surface area contributed by atoms with Crippen LogP contribution in [-0.4, -0.2) is 61.8 Å². The second kappa shape index (κ2) is 6.77. The van der Waals surface area contributed by atoms with Gasteiger partial charge in [-0.05, 0) is 37.3 Å². The minimum absolute atomic E-state index is 0.00266. The van der Waals surface area contributed by atoms with E-state index in [0.717, 1.165) is 31.9 Å². The van der Waals surface area contributed by atoms with Crippen molar-refractivity contribution in [2.75, 3.05) is 45.2 Å². The Labute approximate surface area is 129 Å². The van der Waals surface area contributed by atoms with Crippen LogP contribution in [-0.2, 0) is 4.74 Å². The Morgan fingerprint density at radius 1 is 1.52 bits per heavy atom. The number of carbonyl (C=O) groups excluding carboxylic acids is 1. The summed E-state index contributed by atoms with van der Waals surface area (Å²) in [6.07, 6.45) is 2.61. The molecule has 116 valence electrons. The van der Waals surface area contributed by atoms with E-state index in [1.165, 1.54) is 12.8 Å². The number of hydrogen-bond donors (Lipinski definition) is 1. The first-order valence-electron chi connectivity index (χ1n) is 7.59. The number of carbonyl (C=O) groups is 1. The summed E-state index contributed by atoms with van der Waals surface area (Å²) in [4.78, 5) is 16.7. The number of nitrogens with zero attached hydrogens (tertiary/aromatic N) is 2. The first kappa shape index (κ1) is 14.8. The molecule has 3 rings (SSSR count). The Balaban J connectivity index is 1.58. The molecule has 0 aromatic carbocycles. The highest BCUT2D eigenvalue weighted by Gasteiger charge is 2.29. The van der Waals surface area contributed by atoms with E-state index in [1.54, 1.807) is 11.3 Å². The zero-order valence-corrected chi connectivity index (χ0v) is 13.3. The Kier molecular flexibility index (Phi) is 4.77. The molecule has 6 heteroatoms. The Morgan fingerprint density at radius 2 is 2.38 bits per heavy atom. The molecule has 1 saturated heterocycles. The number of rotatable bonds is 5. The van der Waals surface area contributed by atoms with Crippen LogP contribution in [0.5, 0.6) is 0 Å². The predicted octanol–water partition coefficient (Wildman–Crippen LogP) is 2.32. The van der Waals surface area contributed by atoms with E-state index in [0.29, 0.717) is 12.5 Å². The lowest BCUT2D eigenvalue weighted by molar-refractivity contribution is -0.0302. The lowest BCUT2D eigenvalue weighted by Crippen LogP contribution is -2.49. The van der Waals surface area contributed by atoms with Gasteiger partial charge in [0.25, 0.3) is 0 Å². The van der Waals surface area contributed by atoms with E-state index in [4.69, 9.17) is 4.74 Å². The molecule has 1 atom stereocenters. The smallest absolute Gasteiger partial charge is 0.321 e. The molecule has 1 aliphatic heterocycles. The number of nitrogens with one attached hydrogen (secondary N) is 1. The molecule has 1 N–H and O–H groups in total. The molecular formula is C15H23N3O2S. The van der Waals surface area contributed by atoms with Gasteiger partial charge in [-0.3, -0.25) is 0 Å². The highest BCUT2D eigenvalue weighted by atomic mass is 32.1. The molecule has 2 heterocycles. The monoisotopic (exact) mass is 309 g/mol. The summed E-state index contributed by atoms with van der Waals surface area (Å²) in [5, 5.41) is 6.91. The van der Waals surface area contributed by atoms with Crippen LogP contribution in [0.15, 0.2) is 16.8 Å². The third kappa shape index (κ3) is 4.43. The van der Waals surface area contributed by atoms with E-state index < -0.39 is 0 Å². The van der Waals surface area contributed by atoms with Gasteiger partial charge in [0.1, 0.15) is 0 Å². The van der Waals surface area contributed by atoms with Crippen molar-refractivity contribution in [1.29, 1.82) is 0 Å². The average molecular weight is 309 g/mol. The SMILES string of the molecule is CN1CCO[C@@H](CN(CC2CC2)C(=O)Nc2ccsc2)C1. The van der Waals surface area contributed by atoms with Crippen molar-refractivity contribution in [3.8, 4) is 0 Å². The molecule has 5 nitrogen and oxygen atoms in total. The van der Waals surface area contributed by atoms with Gasteiger partial charge in [-0.15, -0.1) is 0 Å². The molecule has 1 aromatic rings. The van der Waals surface area contributed by atoms with Gasteiger partial charge >= 0.3 is 6.03 Å². The van der Waals surface area contributed by atoms with Gasteiger partial charge < -0.3 is 19.9 Å². The first-order valence-corrected chi connectivity index (χ1v) is 8.53. The lowest BCUT2D eigenvalue weighted by atomic mass is 10.2. The zero-order valence-electron chi connectivity index (χ0n) is 12.5. The summed E-state index contributed by atoms with van der Waals surface area (Å²) in [7, 11) is 2.10. The molecule has 0 radical (unpaired) electrons. The van der Waals surface area contributed by atoms with E-state index in [-0.39, 0.29) is 12.1 Å². The largest absolute Gasteiger partial charge is 0.374 e. The second-order valence-corrected chi connectivity index (χ2v) is 6.83. The number of hydrogen-bond acceptors (Lipinski definition) is 4. The van der Waals surface area contributed by atoms with Crippen molar-refractivity contribution < 1.29 is 9.53 Å². The summed E-state index contributed by atoms with van der Waals surface area (Å²) in [6.45, 7) is 4.15. The molecule has 2 aliphatic rings. The van der Waals surface area contributed by atoms with Gasteiger partial charge in [-0.25, -0.2) is 4.79 Å². The van der Waals surface area contributed by atoms with Crippen LogP contribution in [0.4, 0.5) is 10.5 Å². The number of ether oxygens (including phenoxy) is 1. The number of likely N-dealkylation sites (N-methyl/N-ethyl adjacent to an activating group) is 1. The molecule has 0 spiro atoms. The maximum atomic E-state index is 12.5. The van der Waals surface area contributed by atoms with Crippen molar-refractivity contribution in [2.45, 2.75) is 18.9 Å². The Morgan fingerprint density at radius 3 is 3.05 bits per heavy atom. The van der Waals surface area contributed by atoms with Crippen LogP contribution in [0.1, 0.15) is 12.8 Å². The predicted molar refractivity (Wildman–Crippen MR) is 84.9 cm³/mol. The molecular weight excluding hydrogens is 286 g/mol. The van der Waals surface area contributed by atoms with Crippen LogP contribution in [0.25, 0.3) is 0 Å². The fourth-order valence-corrected chi connectivity index (χ4v) is 3.20. The number of urea groups is 1. The third-order valence-electron chi connectivity index (χ3n) is 4.00. The fraction of sp³-hybridized carbons (Fsp3) is 0.667. The maximum absolute atomic E-state index is 12.5. The van der Waals surface area contributed by atoms with Crippen LogP contribution in [0, 0.1) is 5.92 Å². The normalized spacial score (nSPS) is 23.0. The van der Waals surface area contributed by atoms with Crippen LogP contribution < -0.4 is 5.32 Å². The summed E-state index contributed by atoms with van der Waals surface area (Å²) in [5.74, 6) is 0.680. The maximum Gasteiger partial charge on any atom is 0.321 e. The van der Waals surface area contributed by atoms with Gasteiger partial charge in [0, 0.05) is 31.6 Å². The highest BCUT2D eigenvalue weighted by Crippen LogP contribution is 2.30. The molecule has 2 fully saturated rings. The topological polar surface area (TPSA) is 44.8 Å². The van der Waals surface area contributed by atoms with Gasteiger partial charge in [0.05, 0.1) is 18.4 Å². The second-order valence-electron chi connectivity index (χ2n) is 6.05. The van der Waals surface area contributed by atoms with E-state index in [9.17, 15) is 4.79 Å². The number of amides is 2. The van der Waals surface area contributed by atoms with Gasteiger partial charge in [0.2, 0.25) is 0 Å². The third-order valence-corrected chi connectivity index (χ3v) is 4.68. The average Bonchev–Trinajstić information content (AvgIpc) is 3.13. The van der Waals surface area contributed by atoms with Crippen LogP contribution >= 0.6 is 11.3 Å². The standard InChI is InChI=1S/C15H23N3O2S/c1-17-5-6-20-14(9-17)10-18(8-12-2-3-12)15(19)16-13-4-7-21-11-13/h4,7,11-12,14H,2-3,5-6,8-10H2,1H3,(H,16,19)/t14-/m1/s1. The Hall–Kier alpha value is -1.11. The molecule has 2 amide bonds. The van der Waals surface area contributed by atoms with Crippen molar-refractivity contribution in [3.05, 3.63) is 16.8 Å². The molecule has 21 heavy (non-hydrogen) atoms. The van der Waals surface area contributed by atoms with E-state index in [1.807, 2.05) is 21.7 Å². The van der Waals surface area contributed by atoms with Crippen molar-refractivity contribution >= 4 is 23.1 Å². The Bertz CT molecular complexity index is 461. The van der Waals surface area contributed by atoms with Crippen molar-refractivity contribution in [1.82, 2.24) is 9.80 Å². The van der Waals surface area contributed by atoms with Crippen molar-refractivity contribution in [3.63, 3.8) is 0 Å². The number of anilines is 1. The first-order chi connectivity index (χ1) is 10.2. The fourth-order valence-electron chi connectivity index (χ4n) is 2.61. The molecule has 1 aliphatic carbocycles. The van der Waals surface area contributed by atoms with Gasteiger partial charge in [-0.2, -0.15) is 11.3 Å². The van der Waals surface area contributed by atoms with Gasteiger partial charge in [-0.1, -0.05) is 0 Å². The lowest BCUT2D eigenvalue weighted by Gasteiger charge is -2.34. The van der Waals surface area contributed by atoms with E-state index in [2.05, 4.69) is 17.3 Å². The van der Waals surface area contributed by atoms with Gasteiger partial charge in [0.15, 0.2) is 0 Å². The number of morpholine rings is 1. The van der Waals surface area contributed by atoms with Crippen LogP contribution in [0.3, 0.4) is 0 Å². The summed E-state index contributed by atoms with van der Waals surface area (Å²) < 4.78 is 5.80. The molecule has 0 bridgehead atoms. The summed E-state index contributed by atoms with van der Waals surface area (Å²) in [5.41, 5.74) is 0.882. The number of thiophene rings is 1.